The number of aromatic nitrogens is 2. The first kappa shape index (κ1) is 30.7. The fraction of sp³-hybridized carbons (Fsp3) is 0.303. The molecule has 2 atom stereocenters. The lowest BCUT2D eigenvalue weighted by Crippen LogP contribution is -2.44. The van der Waals surface area contributed by atoms with Crippen LogP contribution in [0.15, 0.2) is 89.4 Å². The Bertz CT molecular complexity index is 1680. The highest BCUT2D eigenvalue weighted by Crippen LogP contribution is 2.31. The summed E-state index contributed by atoms with van der Waals surface area (Å²) in [6.45, 7) is 18.4. The van der Waals surface area contributed by atoms with Gasteiger partial charge in [-0.05, 0) is 73.6 Å². The van der Waals surface area contributed by atoms with Crippen LogP contribution in [-0.2, 0) is 10.0 Å². The number of nitrogens with one attached hydrogen (secondary N) is 2. The van der Waals surface area contributed by atoms with Crippen LogP contribution in [0, 0.1) is 19.3 Å². The summed E-state index contributed by atoms with van der Waals surface area (Å²) < 4.78 is 35.7. The third-order valence-corrected chi connectivity index (χ3v) is 8.48. The molecule has 2 aromatic carbocycles. The molecule has 220 valence electrons. The molecule has 1 aromatic heterocycles. The van der Waals surface area contributed by atoms with Crippen LogP contribution in [0.3, 0.4) is 0 Å². The zero-order chi connectivity index (χ0) is 30.8. The summed E-state index contributed by atoms with van der Waals surface area (Å²) >= 11 is 0. The first-order chi connectivity index (χ1) is 19.7. The number of carbonyl (C=O) groups excluding carboxylic acids is 1. The average molecular weight is 587 g/mol. The molecule has 0 radical (unpaired) electrons. The molecular weight excluding hydrogens is 548 g/mol. The lowest BCUT2D eigenvalue weighted by Gasteiger charge is -2.27. The smallest absolute Gasteiger partial charge is 0.264 e. The number of hydrogen-bond acceptors (Lipinski definition) is 6. The number of anilines is 1. The Morgan fingerprint density at radius 3 is 2.33 bits per heavy atom. The molecule has 0 saturated heterocycles. The van der Waals surface area contributed by atoms with Crippen LogP contribution in [0.5, 0.6) is 5.88 Å². The van der Waals surface area contributed by atoms with Crippen molar-refractivity contribution in [2.45, 2.75) is 65.5 Å². The second-order valence-corrected chi connectivity index (χ2v) is 13.2. The minimum atomic E-state index is -4.13. The third-order valence-electron chi connectivity index (χ3n) is 7.15. The SMILES string of the molecule is C=C(/C=C\C(=C/C)C(C)(C)C)[C@@H]1Oc2cc(-c3c(C)cccc3C)nc(n2)NS(=O)(=O)c2cccc(c2)C(=O)N[C@@H]1C. The van der Waals surface area contributed by atoms with Crippen LogP contribution in [0.4, 0.5) is 5.95 Å². The zero-order valence-electron chi connectivity index (χ0n) is 25.1. The molecule has 0 spiro atoms. The molecule has 2 N–H and O–H groups in total. The number of hydrogen-bond donors (Lipinski definition) is 2. The highest BCUT2D eigenvalue weighted by molar-refractivity contribution is 7.92. The van der Waals surface area contributed by atoms with Crippen molar-refractivity contribution in [3.63, 3.8) is 0 Å². The molecule has 9 heteroatoms. The summed E-state index contributed by atoms with van der Waals surface area (Å²) in [4.78, 5) is 22.2. The second-order valence-electron chi connectivity index (χ2n) is 11.5. The number of fused-ring (bicyclic) bond motifs is 4. The lowest BCUT2D eigenvalue weighted by atomic mass is 9.85. The summed E-state index contributed by atoms with van der Waals surface area (Å²) in [6.07, 6.45) is 5.18. The van der Waals surface area contributed by atoms with E-state index in [1.54, 1.807) is 12.1 Å². The monoisotopic (exact) mass is 586 g/mol. The Hall–Kier alpha value is -4.24. The van der Waals surface area contributed by atoms with Gasteiger partial charge in [0.1, 0.15) is 6.10 Å². The van der Waals surface area contributed by atoms with Gasteiger partial charge in [-0.3, -0.25) is 4.79 Å². The van der Waals surface area contributed by atoms with Gasteiger partial charge in [0, 0.05) is 17.2 Å². The van der Waals surface area contributed by atoms with Gasteiger partial charge in [0.25, 0.3) is 15.9 Å². The summed E-state index contributed by atoms with van der Waals surface area (Å²) in [7, 11) is -4.13. The van der Waals surface area contributed by atoms with Gasteiger partial charge in [0.05, 0.1) is 16.6 Å². The van der Waals surface area contributed by atoms with E-state index in [9.17, 15) is 13.2 Å². The fourth-order valence-corrected chi connectivity index (χ4v) is 5.92. The van der Waals surface area contributed by atoms with E-state index in [1.807, 2.05) is 64.1 Å². The molecule has 4 rings (SSSR count). The Morgan fingerprint density at radius 1 is 1.02 bits per heavy atom. The number of amides is 1. The summed E-state index contributed by atoms with van der Waals surface area (Å²) in [6, 6.07) is 12.8. The molecule has 8 nitrogen and oxygen atoms in total. The topological polar surface area (TPSA) is 110 Å². The van der Waals surface area contributed by atoms with Crippen LogP contribution >= 0.6 is 0 Å². The van der Waals surface area contributed by atoms with Crippen LogP contribution < -0.4 is 14.8 Å². The number of sulfonamides is 1. The molecule has 1 aliphatic heterocycles. The van der Waals surface area contributed by atoms with Gasteiger partial charge in [-0.25, -0.2) is 18.1 Å². The summed E-state index contributed by atoms with van der Waals surface area (Å²) in [5.74, 6) is -0.457. The van der Waals surface area contributed by atoms with Gasteiger partial charge in [-0.1, -0.05) is 69.8 Å². The summed E-state index contributed by atoms with van der Waals surface area (Å²) in [5.41, 5.74) is 5.09. The number of carbonyl (C=O) groups is 1. The maximum atomic E-state index is 13.4. The Kier molecular flexibility index (Phi) is 8.73. The summed E-state index contributed by atoms with van der Waals surface area (Å²) in [5, 5.41) is 2.96. The zero-order valence-corrected chi connectivity index (χ0v) is 26.0. The van der Waals surface area contributed by atoms with Crippen molar-refractivity contribution >= 4 is 21.9 Å². The number of aryl methyl sites for hydroxylation is 2. The van der Waals surface area contributed by atoms with Crippen LogP contribution in [-0.4, -0.2) is 36.4 Å². The minimum absolute atomic E-state index is 0.0823. The second kappa shape index (κ2) is 11.9. The number of allylic oxidation sites excluding steroid dienone is 3. The van der Waals surface area contributed by atoms with Gasteiger partial charge < -0.3 is 10.1 Å². The lowest BCUT2D eigenvalue weighted by molar-refractivity contribution is 0.0901. The molecule has 0 saturated carbocycles. The van der Waals surface area contributed by atoms with Crippen molar-refractivity contribution in [2.24, 2.45) is 5.41 Å². The van der Waals surface area contributed by atoms with E-state index in [0.717, 1.165) is 22.3 Å². The first-order valence-electron chi connectivity index (χ1n) is 13.8. The molecule has 1 aliphatic rings. The van der Waals surface area contributed by atoms with Crippen molar-refractivity contribution in [2.75, 3.05) is 4.72 Å². The predicted octanol–water partition coefficient (Wildman–Crippen LogP) is 6.55. The largest absolute Gasteiger partial charge is 0.467 e. The Labute approximate surface area is 248 Å². The number of rotatable bonds is 4. The quantitative estimate of drug-likeness (QED) is 0.336. The molecule has 2 heterocycles. The third kappa shape index (κ3) is 6.79. The molecule has 0 fully saturated rings. The van der Waals surface area contributed by atoms with Gasteiger partial charge >= 0.3 is 0 Å². The van der Waals surface area contributed by atoms with Crippen LogP contribution in [0.25, 0.3) is 11.3 Å². The molecule has 42 heavy (non-hydrogen) atoms. The van der Waals surface area contributed by atoms with E-state index < -0.39 is 28.1 Å². The van der Waals surface area contributed by atoms with Crippen molar-refractivity contribution < 1.29 is 17.9 Å². The Morgan fingerprint density at radius 2 is 1.69 bits per heavy atom. The molecule has 4 bridgehead atoms. The van der Waals surface area contributed by atoms with E-state index in [-0.39, 0.29) is 27.7 Å². The first-order valence-corrected chi connectivity index (χ1v) is 15.3. The van der Waals surface area contributed by atoms with Gasteiger partial charge in [0.15, 0.2) is 0 Å². The maximum absolute atomic E-state index is 13.4. The predicted molar refractivity (Wildman–Crippen MR) is 167 cm³/mol. The molecule has 3 aromatic rings. The highest BCUT2D eigenvalue weighted by atomic mass is 32.2. The van der Waals surface area contributed by atoms with Gasteiger partial charge in [0.2, 0.25) is 11.8 Å². The fourth-order valence-electron chi connectivity index (χ4n) is 4.93. The standard InChI is InChI=1S/C33H38N4O4S/c1-9-25(33(6,7)8)17-16-22(4)30-23(5)34-31(38)24-14-11-15-26(18-24)42(39,40)37-32-35-27(19-28(36-32)41-30)29-20(2)12-10-13-21(29)3/h9-19,23,30H,4H2,1-3,5-8H3,(H,34,38)(H,35,36,37)/b17-16-,25-9+/t23-,30+/m1/s1. The average Bonchev–Trinajstić information content (AvgIpc) is 2.90. The molecule has 0 unspecified atom stereocenters. The van der Waals surface area contributed by atoms with Crippen molar-refractivity contribution in [3.05, 3.63) is 101 Å². The minimum Gasteiger partial charge on any atom is -0.467 e. The van der Waals surface area contributed by atoms with Crippen molar-refractivity contribution in [1.29, 1.82) is 0 Å². The maximum Gasteiger partial charge on any atom is 0.264 e. The van der Waals surface area contributed by atoms with E-state index in [4.69, 9.17) is 4.74 Å². The molecular formula is C33H38N4O4S. The van der Waals surface area contributed by atoms with E-state index in [1.165, 1.54) is 18.2 Å². The van der Waals surface area contributed by atoms with E-state index >= 15 is 0 Å². The highest BCUT2D eigenvalue weighted by Gasteiger charge is 2.27. The number of ether oxygens (including phenoxy) is 1. The van der Waals surface area contributed by atoms with Crippen molar-refractivity contribution in [3.8, 4) is 17.1 Å². The van der Waals surface area contributed by atoms with Crippen LogP contribution in [0.1, 0.15) is 56.1 Å². The number of nitrogens with zero attached hydrogens (tertiary/aromatic N) is 2. The molecule has 1 amide bonds. The Balaban J connectivity index is 1.89. The van der Waals surface area contributed by atoms with E-state index in [0.29, 0.717) is 11.3 Å². The van der Waals surface area contributed by atoms with Gasteiger partial charge in [-0.15, -0.1) is 0 Å². The van der Waals surface area contributed by atoms with E-state index in [2.05, 4.69) is 47.4 Å². The molecule has 0 aliphatic carbocycles. The van der Waals surface area contributed by atoms with Crippen molar-refractivity contribution in [1.82, 2.24) is 15.3 Å². The normalized spacial score (nSPS) is 19.0. The van der Waals surface area contributed by atoms with Crippen LogP contribution in [0.2, 0.25) is 0 Å². The van der Waals surface area contributed by atoms with Gasteiger partial charge in [-0.2, -0.15) is 4.98 Å². The number of benzene rings is 2.